The number of rotatable bonds is 6. The van der Waals surface area contributed by atoms with Gasteiger partial charge in [-0.2, -0.15) is 0 Å². The van der Waals surface area contributed by atoms with Crippen LogP contribution in [-0.4, -0.2) is 23.9 Å². The highest BCUT2D eigenvalue weighted by atomic mass is 32.1. The van der Waals surface area contributed by atoms with Crippen molar-refractivity contribution < 1.29 is 4.79 Å². The maximum Gasteiger partial charge on any atom is 0.231 e. The molecule has 1 saturated heterocycles. The molecule has 0 atom stereocenters. The number of ketones is 1. The molecule has 5 rings (SSSR count). The molecule has 0 radical (unpaired) electrons. The molecule has 0 spiro atoms. The van der Waals surface area contributed by atoms with Crippen molar-refractivity contribution in [1.82, 2.24) is 4.98 Å². The molecule has 0 bridgehead atoms. The van der Waals surface area contributed by atoms with Crippen LogP contribution in [0, 0.1) is 0 Å². The number of nitrogens with zero attached hydrogens (tertiary/aromatic N) is 6. The van der Waals surface area contributed by atoms with Gasteiger partial charge in [0, 0.05) is 24.3 Å². The van der Waals surface area contributed by atoms with Crippen LogP contribution in [0.3, 0.4) is 0 Å². The van der Waals surface area contributed by atoms with Gasteiger partial charge in [-0.1, -0.05) is 22.7 Å². The second kappa shape index (κ2) is 9.68. The lowest BCUT2D eigenvalue weighted by Gasteiger charge is -2.28. The van der Waals surface area contributed by atoms with Gasteiger partial charge in [-0.3, -0.25) is 4.79 Å². The first-order chi connectivity index (χ1) is 16.1. The van der Waals surface area contributed by atoms with E-state index in [2.05, 4.69) is 42.5 Å². The summed E-state index contributed by atoms with van der Waals surface area (Å²) >= 11 is 2.94. The van der Waals surface area contributed by atoms with Crippen LogP contribution in [0.5, 0.6) is 0 Å². The zero-order valence-corrected chi connectivity index (χ0v) is 19.8. The fourth-order valence-corrected chi connectivity index (χ4v) is 5.51. The molecule has 166 valence electrons. The smallest absolute Gasteiger partial charge is 0.231 e. The molecule has 0 unspecified atom stereocenters. The zero-order chi connectivity index (χ0) is 22.6. The largest absolute Gasteiger partial charge is 0.372 e. The van der Waals surface area contributed by atoms with Crippen molar-refractivity contribution in [2.24, 2.45) is 20.5 Å². The Morgan fingerprint density at radius 1 is 0.848 bits per heavy atom. The third kappa shape index (κ3) is 5.20. The zero-order valence-electron chi connectivity index (χ0n) is 18.1. The number of carbonyl (C=O) groups is 1. The molecule has 1 aliphatic rings. The van der Waals surface area contributed by atoms with Gasteiger partial charge >= 0.3 is 0 Å². The van der Waals surface area contributed by atoms with E-state index in [4.69, 9.17) is 0 Å². The van der Waals surface area contributed by atoms with Gasteiger partial charge in [0.15, 0.2) is 5.78 Å². The molecule has 0 N–H and O–H groups in total. The van der Waals surface area contributed by atoms with Crippen molar-refractivity contribution in [3.63, 3.8) is 0 Å². The van der Waals surface area contributed by atoms with Crippen LogP contribution >= 0.6 is 22.7 Å². The Balaban J connectivity index is 1.23. The second-order valence-corrected chi connectivity index (χ2v) is 9.84. The molecule has 1 aliphatic heterocycles. The number of anilines is 1. The number of carbonyl (C=O) groups excluding carboxylic acids is 1. The number of piperidine rings is 1. The van der Waals surface area contributed by atoms with Crippen LogP contribution in [0.15, 0.2) is 75.1 Å². The van der Waals surface area contributed by atoms with E-state index in [0.717, 1.165) is 33.3 Å². The van der Waals surface area contributed by atoms with Gasteiger partial charge in [-0.25, -0.2) is 4.98 Å². The quantitative estimate of drug-likeness (QED) is 0.208. The number of azo groups is 2. The number of hydrogen-bond acceptors (Lipinski definition) is 9. The minimum absolute atomic E-state index is 0.0328. The van der Waals surface area contributed by atoms with E-state index in [-0.39, 0.29) is 5.78 Å². The Morgan fingerprint density at radius 3 is 2.18 bits per heavy atom. The van der Waals surface area contributed by atoms with Crippen molar-refractivity contribution >= 4 is 65.2 Å². The highest BCUT2D eigenvalue weighted by Crippen LogP contribution is 2.39. The van der Waals surface area contributed by atoms with Crippen molar-refractivity contribution in [1.29, 1.82) is 0 Å². The summed E-state index contributed by atoms with van der Waals surface area (Å²) < 4.78 is 1.01. The Labute approximate surface area is 199 Å². The fourth-order valence-electron chi connectivity index (χ4n) is 3.66. The molecule has 4 aromatic rings. The predicted octanol–water partition coefficient (Wildman–Crippen LogP) is 8.38. The monoisotopic (exact) mass is 474 g/mol. The van der Waals surface area contributed by atoms with Gasteiger partial charge in [0.05, 0.1) is 16.1 Å². The highest BCUT2D eigenvalue weighted by molar-refractivity contribution is 7.30. The van der Waals surface area contributed by atoms with Crippen molar-refractivity contribution in [3.05, 3.63) is 60.2 Å². The lowest BCUT2D eigenvalue weighted by molar-refractivity contribution is 0.101. The molecular weight excluding hydrogens is 452 g/mol. The minimum Gasteiger partial charge on any atom is -0.372 e. The molecule has 3 heterocycles. The van der Waals surface area contributed by atoms with E-state index in [1.54, 1.807) is 31.2 Å². The third-order valence-corrected chi connectivity index (χ3v) is 7.35. The van der Waals surface area contributed by atoms with Crippen LogP contribution in [0.1, 0.15) is 36.5 Å². The van der Waals surface area contributed by atoms with Gasteiger partial charge < -0.3 is 4.90 Å². The van der Waals surface area contributed by atoms with Gasteiger partial charge in [0.2, 0.25) is 5.13 Å². The number of thiophene rings is 1. The average Bonchev–Trinajstić information content (AvgIpc) is 3.41. The Morgan fingerprint density at radius 2 is 1.52 bits per heavy atom. The highest BCUT2D eigenvalue weighted by Gasteiger charge is 2.11. The summed E-state index contributed by atoms with van der Waals surface area (Å²) in [4.78, 5) is 19.2. The normalized spacial score (nSPS) is 14.6. The molecule has 9 heteroatoms. The molecular formula is C24H22N6OS2. The summed E-state index contributed by atoms with van der Waals surface area (Å²) in [7, 11) is 0. The number of aromatic nitrogens is 1. The lowest BCUT2D eigenvalue weighted by atomic mass is 10.1. The SMILES string of the molecule is CC(=O)c1ccc(N=Nc2cc3sc(N=Nc4ccc(N5CCCCC5)cc4)nc3s2)cc1. The van der Waals surface area contributed by atoms with Crippen molar-refractivity contribution in [2.75, 3.05) is 18.0 Å². The lowest BCUT2D eigenvalue weighted by Crippen LogP contribution is -2.29. The maximum atomic E-state index is 11.4. The van der Waals surface area contributed by atoms with Gasteiger partial charge in [-0.15, -0.1) is 20.5 Å². The summed E-state index contributed by atoms with van der Waals surface area (Å²) in [6.45, 7) is 3.80. The maximum absolute atomic E-state index is 11.4. The first-order valence-corrected chi connectivity index (χ1v) is 12.5. The van der Waals surface area contributed by atoms with Crippen LogP contribution < -0.4 is 4.90 Å². The number of hydrogen-bond donors (Lipinski definition) is 0. The molecule has 0 amide bonds. The molecule has 33 heavy (non-hydrogen) atoms. The first-order valence-electron chi connectivity index (χ1n) is 10.8. The minimum atomic E-state index is 0.0328. The van der Waals surface area contributed by atoms with Gasteiger partial charge in [0.25, 0.3) is 0 Å². The Hall–Kier alpha value is -3.30. The van der Waals surface area contributed by atoms with E-state index < -0.39 is 0 Å². The van der Waals surface area contributed by atoms with Crippen LogP contribution in [0.25, 0.3) is 9.53 Å². The molecule has 0 saturated carbocycles. The molecule has 7 nitrogen and oxygen atoms in total. The van der Waals surface area contributed by atoms with E-state index in [0.29, 0.717) is 16.4 Å². The van der Waals surface area contributed by atoms with E-state index in [9.17, 15) is 4.79 Å². The topological polar surface area (TPSA) is 82.6 Å². The number of Topliss-reactive ketones (excluding diaryl/α,β-unsaturated/α-hetero) is 1. The molecule has 2 aromatic heterocycles. The second-order valence-electron chi connectivity index (χ2n) is 7.82. The summed E-state index contributed by atoms with van der Waals surface area (Å²) in [5.41, 5.74) is 3.43. The van der Waals surface area contributed by atoms with E-state index >= 15 is 0 Å². The summed E-state index contributed by atoms with van der Waals surface area (Å²) in [5, 5.41) is 18.6. The van der Waals surface area contributed by atoms with E-state index in [1.165, 1.54) is 47.6 Å². The van der Waals surface area contributed by atoms with Crippen LogP contribution in [0.4, 0.5) is 27.2 Å². The molecule has 1 fully saturated rings. The first kappa shape index (κ1) is 21.5. The summed E-state index contributed by atoms with van der Waals surface area (Å²) in [6, 6.07) is 17.3. The van der Waals surface area contributed by atoms with Crippen molar-refractivity contribution in [3.8, 4) is 0 Å². The van der Waals surface area contributed by atoms with Gasteiger partial charge in [-0.05, 0) is 80.8 Å². The number of fused-ring (bicyclic) bond motifs is 1. The van der Waals surface area contributed by atoms with E-state index in [1.807, 2.05) is 18.2 Å². The van der Waals surface area contributed by atoms with Gasteiger partial charge in [0.1, 0.15) is 9.83 Å². The Kier molecular flexibility index (Phi) is 6.32. The fraction of sp³-hybridized carbons (Fsp3) is 0.250. The van der Waals surface area contributed by atoms with Crippen LogP contribution in [-0.2, 0) is 0 Å². The number of thiazole rings is 1. The Bertz CT molecular complexity index is 1280. The standard InChI is InChI=1S/C24H22N6OS2/c1-16(31)17-5-7-18(8-6-17)26-28-22-15-21-23(33-22)25-24(32-21)29-27-19-9-11-20(12-10-19)30-13-3-2-4-14-30/h5-12,15H,2-4,13-14H2,1H3. The van der Waals surface area contributed by atoms with Crippen LogP contribution in [0.2, 0.25) is 0 Å². The number of benzene rings is 2. The predicted molar refractivity (Wildman–Crippen MR) is 135 cm³/mol. The molecule has 0 aliphatic carbocycles. The average molecular weight is 475 g/mol. The molecule has 2 aromatic carbocycles. The summed E-state index contributed by atoms with van der Waals surface area (Å²) in [6.07, 6.45) is 3.86. The van der Waals surface area contributed by atoms with Crippen molar-refractivity contribution in [2.45, 2.75) is 26.2 Å². The third-order valence-electron chi connectivity index (χ3n) is 5.42. The summed E-state index contributed by atoms with van der Waals surface area (Å²) in [5.74, 6) is 0.0328.